The fraction of sp³-hybridized carbons (Fsp3) is 0.471. The molecule has 1 aromatic carbocycles. The van der Waals surface area contributed by atoms with E-state index in [-0.39, 0.29) is 37.6 Å². The summed E-state index contributed by atoms with van der Waals surface area (Å²) in [5.41, 5.74) is 1.51. The van der Waals surface area contributed by atoms with Gasteiger partial charge in [0.1, 0.15) is 0 Å². The van der Waals surface area contributed by atoms with Crippen LogP contribution in [0.3, 0.4) is 0 Å². The minimum absolute atomic E-state index is 0.0824. The number of hydrogen-bond donors (Lipinski definition) is 2. The van der Waals surface area contributed by atoms with Crippen molar-refractivity contribution < 1.29 is 23.9 Å². The van der Waals surface area contributed by atoms with E-state index in [1.54, 1.807) is 6.07 Å². The van der Waals surface area contributed by atoms with Gasteiger partial charge in [-0.1, -0.05) is 5.16 Å². The van der Waals surface area contributed by atoms with E-state index in [2.05, 4.69) is 15.8 Å². The third-order valence-electron chi connectivity index (χ3n) is 3.77. The number of carbonyl (C=O) groups excluding carboxylic acids is 2. The second-order valence-corrected chi connectivity index (χ2v) is 6.17. The van der Waals surface area contributed by atoms with Gasteiger partial charge in [-0.25, -0.2) is 0 Å². The zero-order valence-electron chi connectivity index (χ0n) is 14.2. The number of amides is 2. The van der Waals surface area contributed by atoms with Crippen molar-refractivity contribution in [2.45, 2.75) is 38.8 Å². The van der Waals surface area contributed by atoms with Crippen molar-refractivity contribution in [1.29, 1.82) is 0 Å². The summed E-state index contributed by atoms with van der Waals surface area (Å²) in [6, 6.07) is 5.56. The standard InChI is InChI=1S/C17H21N3O5/c1-10(2)19-16(21)5-6-18-17(22)15-8-12(20-25-15)11-3-4-13-14(7-11)24-9-23-13/h3-4,7,10,15H,5-6,8-9H2,1-2H3,(H,18,22)(H,19,21). The highest BCUT2D eigenvalue weighted by molar-refractivity contribution is 6.04. The molecule has 2 N–H and O–H groups in total. The summed E-state index contributed by atoms with van der Waals surface area (Å²) in [6.07, 6.45) is -0.0931. The molecular formula is C17H21N3O5. The van der Waals surface area contributed by atoms with Gasteiger partial charge in [0, 0.05) is 31.0 Å². The number of nitrogens with one attached hydrogen (secondary N) is 2. The van der Waals surface area contributed by atoms with Crippen LogP contribution in [0.1, 0.15) is 32.3 Å². The fourth-order valence-corrected chi connectivity index (χ4v) is 2.57. The van der Waals surface area contributed by atoms with Crippen molar-refractivity contribution in [2.24, 2.45) is 5.16 Å². The first-order valence-corrected chi connectivity index (χ1v) is 8.22. The monoisotopic (exact) mass is 347 g/mol. The number of rotatable bonds is 6. The Morgan fingerprint density at radius 2 is 2.08 bits per heavy atom. The lowest BCUT2D eigenvalue weighted by molar-refractivity contribution is -0.131. The van der Waals surface area contributed by atoms with Crippen molar-refractivity contribution in [2.75, 3.05) is 13.3 Å². The molecule has 0 saturated heterocycles. The van der Waals surface area contributed by atoms with Crippen LogP contribution in [0.4, 0.5) is 0 Å². The number of benzene rings is 1. The molecule has 8 nitrogen and oxygen atoms in total. The van der Waals surface area contributed by atoms with Crippen LogP contribution in [-0.2, 0) is 14.4 Å². The molecule has 3 rings (SSSR count). The summed E-state index contributed by atoms with van der Waals surface area (Å²) < 4.78 is 10.6. The van der Waals surface area contributed by atoms with Gasteiger partial charge >= 0.3 is 0 Å². The van der Waals surface area contributed by atoms with Gasteiger partial charge in [-0.15, -0.1) is 0 Å². The Morgan fingerprint density at radius 3 is 2.88 bits per heavy atom. The smallest absolute Gasteiger partial charge is 0.264 e. The average molecular weight is 347 g/mol. The zero-order valence-corrected chi connectivity index (χ0v) is 14.2. The van der Waals surface area contributed by atoms with E-state index in [1.807, 2.05) is 26.0 Å². The zero-order chi connectivity index (χ0) is 17.8. The molecule has 1 atom stereocenters. The molecule has 2 aliphatic heterocycles. The second-order valence-electron chi connectivity index (χ2n) is 6.17. The second kappa shape index (κ2) is 7.42. The molecule has 2 aliphatic rings. The third-order valence-corrected chi connectivity index (χ3v) is 3.77. The molecule has 0 bridgehead atoms. The van der Waals surface area contributed by atoms with Gasteiger partial charge in [0.05, 0.1) is 5.71 Å². The molecule has 0 aliphatic carbocycles. The minimum atomic E-state index is -0.686. The van der Waals surface area contributed by atoms with Crippen LogP contribution in [0.25, 0.3) is 0 Å². The SMILES string of the molecule is CC(C)NC(=O)CCNC(=O)C1CC(c2ccc3c(c2)OCO3)=NO1. The molecule has 2 amide bonds. The lowest BCUT2D eigenvalue weighted by Gasteiger charge is -2.11. The summed E-state index contributed by atoms with van der Waals surface area (Å²) in [7, 11) is 0. The lowest BCUT2D eigenvalue weighted by atomic mass is 10.0. The van der Waals surface area contributed by atoms with Gasteiger partial charge in [0.2, 0.25) is 18.8 Å². The maximum absolute atomic E-state index is 12.1. The Morgan fingerprint density at radius 1 is 1.28 bits per heavy atom. The quantitative estimate of drug-likeness (QED) is 0.798. The van der Waals surface area contributed by atoms with E-state index in [1.165, 1.54) is 0 Å². The van der Waals surface area contributed by atoms with Crippen molar-refractivity contribution >= 4 is 17.5 Å². The molecule has 2 heterocycles. The normalized spacial score (nSPS) is 17.9. The first-order valence-electron chi connectivity index (χ1n) is 8.22. The van der Waals surface area contributed by atoms with Gasteiger partial charge in [0.15, 0.2) is 11.5 Å². The number of carbonyl (C=O) groups is 2. The Hall–Kier alpha value is -2.77. The Bertz CT molecular complexity index is 702. The maximum Gasteiger partial charge on any atom is 0.264 e. The number of fused-ring (bicyclic) bond motifs is 1. The minimum Gasteiger partial charge on any atom is -0.454 e. The van der Waals surface area contributed by atoms with Crippen molar-refractivity contribution in [3.05, 3.63) is 23.8 Å². The van der Waals surface area contributed by atoms with Crippen molar-refractivity contribution in [1.82, 2.24) is 10.6 Å². The van der Waals surface area contributed by atoms with Crippen LogP contribution < -0.4 is 20.1 Å². The predicted octanol–water partition coefficient (Wildman–Crippen LogP) is 0.939. The van der Waals surface area contributed by atoms with E-state index in [0.29, 0.717) is 23.6 Å². The molecule has 134 valence electrons. The lowest BCUT2D eigenvalue weighted by Crippen LogP contribution is -2.38. The van der Waals surface area contributed by atoms with Gasteiger partial charge in [0.25, 0.3) is 5.91 Å². The Kier molecular flexibility index (Phi) is 5.06. The summed E-state index contributed by atoms with van der Waals surface area (Å²) in [5, 5.41) is 9.47. The first-order chi connectivity index (χ1) is 12.0. The van der Waals surface area contributed by atoms with Gasteiger partial charge < -0.3 is 24.9 Å². The van der Waals surface area contributed by atoms with E-state index < -0.39 is 6.10 Å². The third kappa shape index (κ3) is 4.20. The molecule has 1 aromatic rings. The summed E-state index contributed by atoms with van der Waals surface area (Å²) in [4.78, 5) is 28.9. The van der Waals surface area contributed by atoms with Crippen LogP contribution in [0.15, 0.2) is 23.4 Å². The summed E-state index contributed by atoms with van der Waals surface area (Å²) in [6.45, 7) is 4.24. The highest BCUT2D eigenvalue weighted by Crippen LogP contribution is 2.33. The predicted molar refractivity (Wildman–Crippen MR) is 89.5 cm³/mol. The number of hydrogen-bond acceptors (Lipinski definition) is 6. The van der Waals surface area contributed by atoms with Crippen LogP contribution in [0.2, 0.25) is 0 Å². The molecule has 0 fully saturated rings. The van der Waals surface area contributed by atoms with Crippen molar-refractivity contribution in [3.8, 4) is 11.5 Å². The van der Waals surface area contributed by atoms with Crippen molar-refractivity contribution in [3.63, 3.8) is 0 Å². The van der Waals surface area contributed by atoms with E-state index >= 15 is 0 Å². The van der Waals surface area contributed by atoms with Crippen LogP contribution >= 0.6 is 0 Å². The Labute approximate surface area is 145 Å². The van der Waals surface area contributed by atoms with E-state index in [9.17, 15) is 9.59 Å². The molecule has 0 saturated carbocycles. The molecule has 8 heteroatoms. The van der Waals surface area contributed by atoms with Gasteiger partial charge in [-0.05, 0) is 32.0 Å². The van der Waals surface area contributed by atoms with E-state index in [4.69, 9.17) is 14.3 Å². The number of nitrogens with zero attached hydrogens (tertiary/aromatic N) is 1. The number of oxime groups is 1. The van der Waals surface area contributed by atoms with Gasteiger partial charge in [-0.2, -0.15) is 0 Å². The molecule has 0 spiro atoms. The van der Waals surface area contributed by atoms with Crippen LogP contribution in [-0.4, -0.2) is 43.0 Å². The highest BCUT2D eigenvalue weighted by Gasteiger charge is 2.29. The molecular weight excluding hydrogens is 326 g/mol. The largest absolute Gasteiger partial charge is 0.454 e. The Balaban J connectivity index is 1.47. The average Bonchev–Trinajstić information content (AvgIpc) is 3.22. The summed E-state index contributed by atoms with van der Waals surface area (Å²) >= 11 is 0. The maximum atomic E-state index is 12.1. The van der Waals surface area contributed by atoms with Crippen LogP contribution in [0, 0.1) is 0 Å². The molecule has 1 unspecified atom stereocenters. The fourth-order valence-electron chi connectivity index (χ4n) is 2.57. The topological polar surface area (TPSA) is 98.3 Å². The van der Waals surface area contributed by atoms with Crippen LogP contribution in [0.5, 0.6) is 11.5 Å². The highest BCUT2D eigenvalue weighted by atomic mass is 16.7. The molecule has 0 radical (unpaired) electrons. The van der Waals surface area contributed by atoms with E-state index in [0.717, 1.165) is 5.56 Å². The van der Waals surface area contributed by atoms with Gasteiger partial charge in [-0.3, -0.25) is 9.59 Å². The number of ether oxygens (including phenoxy) is 2. The molecule has 25 heavy (non-hydrogen) atoms. The summed E-state index contributed by atoms with van der Waals surface area (Å²) in [5.74, 6) is 0.971. The first kappa shape index (κ1) is 17.1. The molecule has 0 aromatic heterocycles.